The van der Waals surface area contributed by atoms with E-state index in [2.05, 4.69) is 15.3 Å². The van der Waals surface area contributed by atoms with Gasteiger partial charge in [-0.1, -0.05) is 0 Å². The smallest absolute Gasteiger partial charge is 0.251 e. The zero-order valence-corrected chi connectivity index (χ0v) is 16.6. The van der Waals surface area contributed by atoms with E-state index >= 15 is 0 Å². The molecule has 2 aliphatic rings. The normalized spacial score (nSPS) is 16.7. The van der Waals surface area contributed by atoms with Crippen LogP contribution in [-0.4, -0.2) is 40.1 Å². The molecule has 2 amide bonds. The molecule has 1 aliphatic heterocycles. The Balaban J connectivity index is 1.56. The molecule has 2 aromatic rings. The van der Waals surface area contributed by atoms with Gasteiger partial charge in [-0.05, 0) is 57.2 Å². The third-order valence-electron chi connectivity index (χ3n) is 5.50. The Morgan fingerprint density at radius 2 is 2.00 bits per heavy atom. The molecule has 0 saturated carbocycles. The van der Waals surface area contributed by atoms with Crippen LogP contribution in [0.1, 0.15) is 50.6 Å². The van der Waals surface area contributed by atoms with Crippen molar-refractivity contribution in [1.29, 1.82) is 0 Å². The van der Waals surface area contributed by atoms with Gasteiger partial charge in [-0.2, -0.15) is 5.10 Å². The second kappa shape index (κ2) is 7.09. The summed E-state index contributed by atoms with van der Waals surface area (Å²) in [6.45, 7) is 3.84. The van der Waals surface area contributed by atoms with Crippen LogP contribution in [0.4, 0.5) is 5.00 Å². The second-order valence-corrected chi connectivity index (χ2v) is 8.59. The SMILES string of the molecule is Cc1nn(CC(=O)Nc2sc3c(c2C(N)=O)CCN(C)C3)c2c1CCCC2. The maximum Gasteiger partial charge on any atom is 0.251 e. The van der Waals surface area contributed by atoms with Crippen molar-refractivity contribution in [1.82, 2.24) is 14.7 Å². The lowest BCUT2D eigenvalue weighted by molar-refractivity contribution is -0.116. The number of aromatic nitrogens is 2. The molecule has 3 heterocycles. The van der Waals surface area contributed by atoms with Crippen LogP contribution in [0.15, 0.2) is 0 Å². The number of primary amides is 1. The summed E-state index contributed by atoms with van der Waals surface area (Å²) in [5.41, 5.74) is 10.6. The highest BCUT2D eigenvalue weighted by molar-refractivity contribution is 7.17. The largest absolute Gasteiger partial charge is 0.365 e. The lowest BCUT2D eigenvalue weighted by atomic mass is 9.96. The Morgan fingerprint density at radius 1 is 1.22 bits per heavy atom. The summed E-state index contributed by atoms with van der Waals surface area (Å²) in [7, 11) is 2.05. The fourth-order valence-corrected chi connectivity index (χ4v) is 5.53. The lowest BCUT2D eigenvalue weighted by Gasteiger charge is -2.22. The molecule has 8 heteroatoms. The fourth-order valence-electron chi connectivity index (χ4n) is 4.18. The van der Waals surface area contributed by atoms with Crippen LogP contribution in [-0.2, 0) is 37.1 Å². The average Bonchev–Trinajstić information content (AvgIpc) is 3.12. The molecule has 0 radical (unpaired) electrons. The fraction of sp³-hybridized carbons (Fsp3) is 0.526. The second-order valence-electron chi connectivity index (χ2n) is 7.48. The number of rotatable bonds is 4. The van der Waals surface area contributed by atoms with Crippen LogP contribution in [0.5, 0.6) is 0 Å². The summed E-state index contributed by atoms with van der Waals surface area (Å²) in [5.74, 6) is -0.639. The number of nitrogens with two attached hydrogens (primary N) is 1. The Bertz CT molecular complexity index is 914. The van der Waals surface area contributed by atoms with Crippen LogP contribution >= 0.6 is 11.3 Å². The maximum absolute atomic E-state index is 12.7. The maximum atomic E-state index is 12.7. The molecule has 27 heavy (non-hydrogen) atoms. The van der Waals surface area contributed by atoms with Crippen molar-refractivity contribution in [3.05, 3.63) is 33.0 Å². The van der Waals surface area contributed by atoms with E-state index in [0.29, 0.717) is 10.6 Å². The van der Waals surface area contributed by atoms with Crippen LogP contribution in [0.2, 0.25) is 0 Å². The number of hydrogen-bond donors (Lipinski definition) is 2. The molecule has 1 aliphatic carbocycles. The van der Waals surface area contributed by atoms with Gasteiger partial charge in [-0.3, -0.25) is 14.3 Å². The van der Waals surface area contributed by atoms with E-state index in [-0.39, 0.29) is 12.5 Å². The van der Waals surface area contributed by atoms with E-state index < -0.39 is 5.91 Å². The van der Waals surface area contributed by atoms with Crippen LogP contribution in [0.25, 0.3) is 0 Å². The summed E-state index contributed by atoms with van der Waals surface area (Å²) in [5, 5.41) is 8.07. The summed E-state index contributed by atoms with van der Waals surface area (Å²) in [4.78, 5) is 28.0. The number of fused-ring (bicyclic) bond motifs is 2. The molecule has 0 spiro atoms. The van der Waals surface area contributed by atoms with E-state index in [1.807, 2.05) is 18.7 Å². The van der Waals surface area contributed by atoms with Gasteiger partial charge >= 0.3 is 0 Å². The predicted molar refractivity (Wildman–Crippen MR) is 105 cm³/mol. The van der Waals surface area contributed by atoms with Crippen molar-refractivity contribution < 1.29 is 9.59 Å². The third-order valence-corrected chi connectivity index (χ3v) is 6.63. The molecule has 2 aromatic heterocycles. The van der Waals surface area contributed by atoms with Gasteiger partial charge in [0, 0.05) is 23.7 Å². The van der Waals surface area contributed by atoms with Crippen molar-refractivity contribution >= 4 is 28.2 Å². The summed E-state index contributed by atoms with van der Waals surface area (Å²) in [6, 6.07) is 0. The first-order valence-corrected chi connectivity index (χ1v) is 10.2. The highest BCUT2D eigenvalue weighted by Gasteiger charge is 2.27. The van der Waals surface area contributed by atoms with Gasteiger partial charge in [0.15, 0.2) is 0 Å². The molecule has 4 rings (SSSR count). The van der Waals surface area contributed by atoms with Crippen molar-refractivity contribution in [3.63, 3.8) is 0 Å². The van der Waals surface area contributed by atoms with Crippen molar-refractivity contribution in [2.45, 2.75) is 52.1 Å². The van der Waals surface area contributed by atoms with Crippen LogP contribution in [0.3, 0.4) is 0 Å². The van der Waals surface area contributed by atoms with E-state index in [1.165, 1.54) is 29.0 Å². The zero-order valence-electron chi connectivity index (χ0n) is 15.8. The van der Waals surface area contributed by atoms with Crippen LogP contribution in [0, 0.1) is 6.92 Å². The Labute approximate surface area is 162 Å². The van der Waals surface area contributed by atoms with E-state index in [9.17, 15) is 9.59 Å². The summed E-state index contributed by atoms with van der Waals surface area (Å²) >= 11 is 1.46. The number of hydrogen-bond acceptors (Lipinski definition) is 5. The van der Waals surface area contributed by atoms with Crippen molar-refractivity contribution in [2.24, 2.45) is 5.73 Å². The van der Waals surface area contributed by atoms with E-state index in [1.54, 1.807) is 0 Å². The molecule has 3 N–H and O–H groups in total. The number of aryl methyl sites for hydroxylation is 1. The molecule has 0 saturated heterocycles. The molecule has 0 atom stereocenters. The Hall–Kier alpha value is -2.19. The molecule has 0 fully saturated rings. The van der Waals surface area contributed by atoms with Gasteiger partial charge in [0.25, 0.3) is 5.91 Å². The molecule has 144 valence electrons. The highest BCUT2D eigenvalue weighted by atomic mass is 32.1. The van der Waals surface area contributed by atoms with Gasteiger partial charge in [-0.15, -0.1) is 11.3 Å². The highest BCUT2D eigenvalue weighted by Crippen LogP contribution is 2.36. The number of thiophene rings is 1. The standard InChI is InChI=1S/C19H25N5O2S/c1-11-12-5-3-4-6-14(12)24(22-11)10-16(25)21-19-17(18(20)26)13-7-8-23(2)9-15(13)27-19/h3-10H2,1-2H3,(H2,20,26)(H,21,25). The number of carbonyl (C=O) groups is 2. The van der Waals surface area contributed by atoms with Crippen molar-refractivity contribution in [2.75, 3.05) is 18.9 Å². The summed E-state index contributed by atoms with van der Waals surface area (Å²) in [6.07, 6.45) is 5.11. The van der Waals surface area contributed by atoms with Crippen LogP contribution < -0.4 is 11.1 Å². The topological polar surface area (TPSA) is 93.2 Å². The number of likely N-dealkylation sites (N-methyl/N-ethyl adjacent to an activating group) is 1. The third kappa shape index (κ3) is 3.39. The minimum absolute atomic E-state index is 0.164. The number of anilines is 1. The van der Waals surface area contributed by atoms with Gasteiger partial charge in [0.2, 0.25) is 5.91 Å². The molecular weight excluding hydrogens is 362 g/mol. The molecule has 7 nitrogen and oxygen atoms in total. The molecule has 0 aromatic carbocycles. The first kappa shape index (κ1) is 18.2. The van der Waals surface area contributed by atoms with Gasteiger partial charge < -0.3 is 16.0 Å². The first-order chi connectivity index (χ1) is 12.9. The van der Waals surface area contributed by atoms with E-state index in [4.69, 9.17) is 5.73 Å². The Kier molecular flexibility index (Phi) is 4.77. The monoisotopic (exact) mass is 387 g/mol. The molecular formula is C19H25N5O2S. The van der Waals surface area contributed by atoms with Gasteiger partial charge in [-0.25, -0.2) is 0 Å². The predicted octanol–water partition coefficient (Wildman–Crippen LogP) is 1.86. The first-order valence-electron chi connectivity index (χ1n) is 9.42. The molecule has 0 bridgehead atoms. The summed E-state index contributed by atoms with van der Waals surface area (Å²) < 4.78 is 1.82. The number of carbonyl (C=O) groups excluding carboxylic acids is 2. The zero-order chi connectivity index (χ0) is 19.1. The van der Waals surface area contributed by atoms with Gasteiger partial charge in [0.05, 0.1) is 11.3 Å². The van der Waals surface area contributed by atoms with Gasteiger partial charge in [0.1, 0.15) is 11.5 Å². The molecule has 0 unspecified atom stereocenters. The Morgan fingerprint density at radius 3 is 2.78 bits per heavy atom. The number of nitrogens with zero attached hydrogens (tertiary/aromatic N) is 3. The van der Waals surface area contributed by atoms with Crippen molar-refractivity contribution in [3.8, 4) is 0 Å². The lowest BCUT2D eigenvalue weighted by Crippen LogP contribution is -2.27. The quantitative estimate of drug-likeness (QED) is 0.837. The average molecular weight is 388 g/mol. The van der Waals surface area contributed by atoms with E-state index in [0.717, 1.165) is 54.9 Å². The minimum atomic E-state index is -0.473. The number of nitrogens with one attached hydrogen (secondary N) is 1. The minimum Gasteiger partial charge on any atom is -0.365 e. The number of amides is 2.